The highest BCUT2D eigenvalue weighted by atomic mass is 123. The zero-order chi connectivity index (χ0) is 15.5. The minimum atomic E-state index is -0.494. The number of rotatable bonds is 5. The molecular weight excluding hydrogens is 394 g/mol. The molecule has 0 saturated carbocycles. The van der Waals surface area contributed by atoms with Gasteiger partial charge in [0.15, 0.2) is 0 Å². The van der Waals surface area contributed by atoms with Gasteiger partial charge in [-0.05, 0) is 52.9 Å². The molecule has 6 heteroatoms. The number of hydrogen-bond donors (Lipinski definition) is 0. The van der Waals surface area contributed by atoms with Crippen molar-refractivity contribution in [1.82, 2.24) is 9.38 Å². The zero-order valence-electron chi connectivity index (χ0n) is 11.9. The second kappa shape index (κ2) is 6.51. The molecule has 0 bridgehead atoms. The van der Waals surface area contributed by atoms with Gasteiger partial charge >= 0.3 is 0 Å². The lowest BCUT2D eigenvalue weighted by Crippen LogP contribution is -2.00. The van der Waals surface area contributed by atoms with Gasteiger partial charge in [0, 0.05) is 11.8 Å². The van der Waals surface area contributed by atoms with E-state index in [0.717, 1.165) is 26.2 Å². The summed E-state index contributed by atoms with van der Waals surface area (Å²) in [5, 5.41) is 0. The highest BCUT2D eigenvalue weighted by molar-refractivity contribution is 14.1. The van der Waals surface area contributed by atoms with Crippen molar-refractivity contribution in [2.24, 2.45) is 0 Å². The number of aromatic nitrogens is 2. The molecule has 0 aliphatic heterocycles. The summed E-state index contributed by atoms with van der Waals surface area (Å²) in [5.41, 5.74) is 2.70. The second-order valence-electron chi connectivity index (χ2n) is 4.64. The summed E-state index contributed by atoms with van der Waals surface area (Å²) in [6.07, 6.45) is 3.83. The van der Waals surface area contributed by atoms with Gasteiger partial charge in [-0.2, -0.15) is 0 Å². The molecular formula is C16H14FIN2O2. The van der Waals surface area contributed by atoms with Crippen LogP contribution >= 0.6 is 22.6 Å². The number of fused-ring (bicyclic) bond motifs is 1. The number of ether oxygens (including phenoxy) is 2. The minimum Gasteiger partial charge on any atom is -0.495 e. The summed E-state index contributed by atoms with van der Waals surface area (Å²) in [6.45, 7) is -0.421. The third-order valence-corrected chi connectivity index (χ3v) is 4.06. The lowest BCUT2D eigenvalue weighted by atomic mass is 10.2. The van der Waals surface area contributed by atoms with E-state index in [9.17, 15) is 4.39 Å². The highest BCUT2D eigenvalue weighted by Crippen LogP contribution is 2.28. The topological polar surface area (TPSA) is 35.8 Å². The third kappa shape index (κ3) is 3.01. The maximum atomic E-state index is 12.2. The van der Waals surface area contributed by atoms with Crippen LogP contribution < -0.4 is 9.47 Å². The number of methoxy groups -OCH3 is 1. The maximum Gasteiger partial charge on any atom is 0.137 e. The van der Waals surface area contributed by atoms with Crippen LogP contribution in [0, 0.1) is 3.57 Å². The van der Waals surface area contributed by atoms with E-state index < -0.39 is 6.67 Å². The Morgan fingerprint density at radius 3 is 2.82 bits per heavy atom. The second-order valence-corrected chi connectivity index (χ2v) is 5.81. The summed E-state index contributed by atoms with van der Waals surface area (Å²) in [6, 6.07) is 9.54. The normalized spacial score (nSPS) is 10.9. The van der Waals surface area contributed by atoms with Crippen molar-refractivity contribution in [1.29, 1.82) is 0 Å². The van der Waals surface area contributed by atoms with Crippen molar-refractivity contribution >= 4 is 28.2 Å². The van der Waals surface area contributed by atoms with E-state index >= 15 is 0 Å². The van der Waals surface area contributed by atoms with Crippen LogP contribution in [0.3, 0.4) is 0 Å². The number of pyridine rings is 1. The van der Waals surface area contributed by atoms with Gasteiger partial charge in [0.25, 0.3) is 0 Å². The first-order valence-electron chi connectivity index (χ1n) is 6.72. The maximum absolute atomic E-state index is 12.2. The van der Waals surface area contributed by atoms with E-state index in [0.29, 0.717) is 5.75 Å². The Bertz CT molecular complexity index is 804. The van der Waals surface area contributed by atoms with Gasteiger partial charge in [-0.25, -0.2) is 9.37 Å². The van der Waals surface area contributed by atoms with E-state index in [1.54, 1.807) is 7.11 Å². The van der Waals surface area contributed by atoms with Crippen LogP contribution in [0.1, 0.15) is 0 Å². The van der Waals surface area contributed by atoms with Gasteiger partial charge in [-0.15, -0.1) is 0 Å². The molecule has 1 aromatic carbocycles. The van der Waals surface area contributed by atoms with Gasteiger partial charge in [-0.1, -0.05) is 0 Å². The average molecular weight is 408 g/mol. The quantitative estimate of drug-likeness (QED) is 0.600. The largest absolute Gasteiger partial charge is 0.495 e. The molecule has 0 radical (unpaired) electrons. The predicted molar refractivity (Wildman–Crippen MR) is 91.4 cm³/mol. The fourth-order valence-corrected chi connectivity index (χ4v) is 2.83. The zero-order valence-corrected chi connectivity index (χ0v) is 14.1. The number of hydrogen-bond acceptors (Lipinski definition) is 3. The van der Waals surface area contributed by atoms with Gasteiger partial charge in [0.2, 0.25) is 0 Å². The Morgan fingerprint density at radius 2 is 2.09 bits per heavy atom. The first-order chi connectivity index (χ1) is 10.7. The fourth-order valence-electron chi connectivity index (χ4n) is 2.16. The van der Waals surface area contributed by atoms with Crippen molar-refractivity contribution in [3.63, 3.8) is 0 Å². The van der Waals surface area contributed by atoms with Gasteiger partial charge in [0.1, 0.15) is 30.4 Å². The predicted octanol–water partition coefficient (Wildman–Crippen LogP) is 3.96. The molecule has 0 aliphatic carbocycles. The van der Waals surface area contributed by atoms with Crippen molar-refractivity contribution in [2.45, 2.75) is 0 Å². The smallest absolute Gasteiger partial charge is 0.137 e. The third-order valence-electron chi connectivity index (χ3n) is 3.22. The van der Waals surface area contributed by atoms with Crippen LogP contribution in [-0.4, -0.2) is 29.8 Å². The molecule has 0 unspecified atom stereocenters. The van der Waals surface area contributed by atoms with Gasteiger partial charge in [0.05, 0.1) is 22.6 Å². The van der Waals surface area contributed by atoms with Crippen molar-refractivity contribution in [2.75, 3.05) is 20.4 Å². The van der Waals surface area contributed by atoms with Crippen molar-refractivity contribution in [3.05, 3.63) is 46.3 Å². The molecule has 0 aliphatic rings. The molecule has 3 rings (SSSR count). The van der Waals surface area contributed by atoms with Crippen molar-refractivity contribution < 1.29 is 13.9 Å². The summed E-state index contributed by atoms with van der Waals surface area (Å²) in [7, 11) is 1.64. The summed E-state index contributed by atoms with van der Waals surface area (Å²) in [4.78, 5) is 4.59. The summed E-state index contributed by atoms with van der Waals surface area (Å²) in [5.74, 6) is 1.47. The fraction of sp³-hybridized carbons (Fsp3) is 0.188. The molecule has 22 heavy (non-hydrogen) atoms. The lowest BCUT2D eigenvalue weighted by molar-refractivity contribution is 0.272. The molecule has 0 atom stereocenters. The minimum absolute atomic E-state index is 0.0729. The van der Waals surface area contributed by atoms with E-state index in [1.807, 2.05) is 47.1 Å². The first-order valence-corrected chi connectivity index (χ1v) is 7.80. The van der Waals surface area contributed by atoms with Crippen LogP contribution in [0.15, 0.2) is 42.7 Å². The number of alkyl halides is 1. The van der Waals surface area contributed by atoms with Crippen LogP contribution in [0.5, 0.6) is 11.5 Å². The monoisotopic (exact) mass is 408 g/mol. The van der Waals surface area contributed by atoms with Crippen molar-refractivity contribution in [3.8, 4) is 22.8 Å². The van der Waals surface area contributed by atoms with Crippen LogP contribution in [-0.2, 0) is 0 Å². The Labute approximate surface area is 141 Å². The van der Waals surface area contributed by atoms with Crippen LogP contribution in [0.2, 0.25) is 0 Å². The molecule has 114 valence electrons. The Hall–Kier alpha value is -1.83. The molecule has 0 spiro atoms. The Balaban J connectivity index is 1.95. The lowest BCUT2D eigenvalue weighted by Gasteiger charge is -2.07. The molecule has 4 nitrogen and oxygen atoms in total. The molecule has 0 saturated heterocycles. The molecule has 0 amide bonds. The Morgan fingerprint density at radius 1 is 1.23 bits per heavy atom. The van der Waals surface area contributed by atoms with Gasteiger partial charge in [-0.3, -0.25) is 0 Å². The van der Waals surface area contributed by atoms with Crippen LogP contribution in [0.25, 0.3) is 16.9 Å². The summed E-state index contributed by atoms with van der Waals surface area (Å²) < 4.78 is 25.6. The molecule has 2 aromatic heterocycles. The molecule has 2 heterocycles. The standard InChI is InChI=1S/C16H14FIN2O2/c1-21-12-3-5-16-19-14(10-20(16)9-12)11-2-4-15(13(18)8-11)22-7-6-17/h2-5,8-10H,6-7H2,1H3/i18-4. The molecule has 3 aromatic rings. The van der Waals surface area contributed by atoms with E-state index in [2.05, 4.69) is 27.6 Å². The average Bonchev–Trinajstić information content (AvgIpc) is 2.96. The number of benzene rings is 1. The molecule has 0 fully saturated rings. The van der Waals surface area contributed by atoms with Crippen LogP contribution in [0.4, 0.5) is 4.39 Å². The number of imidazole rings is 1. The summed E-state index contributed by atoms with van der Waals surface area (Å²) >= 11 is 2.18. The van der Waals surface area contributed by atoms with Gasteiger partial charge < -0.3 is 13.9 Å². The van der Waals surface area contributed by atoms with E-state index in [4.69, 9.17) is 9.47 Å². The molecule has 0 N–H and O–H groups in total. The highest BCUT2D eigenvalue weighted by Gasteiger charge is 2.08. The Kier molecular flexibility index (Phi) is 4.47. The van der Waals surface area contributed by atoms with E-state index in [1.165, 1.54) is 0 Å². The SMILES string of the molecule is COc1ccc2nc(-c3ccc(OCCF)c([123I])c3)cn2c1. The van der Waals surface area contributed by atoms with E-state index in [-0.39, 0.29) is 6.61 Å². The number of nitrogens with zero attached hydrogens (tertiary/aromatic N) is 2. The number of halogens is 2. The first kappa shape index (κ1) is 15.1.